The van der Waals surface area contributed by atoms with E-state index >= 15 is 0 Å². The SMILES string of the molecule is O=C(Nc1ccc(NC2CC2)cc1)c1ccc(Br)cc1. The molecule has 1 aliphatic rings. The highest BCUT2D eigenvalue weighted by Gasteiger charge is 2.20. The number of anilines is 2. The molecule has 4 heteroatoms. The normalized spacial score (nSPS) is 13.8. The van der Waals surface area contributed by atoms with Crippen LogP contribution >= 0.6 is 15.9 Å². The van der Waals surface area contributed by atoms with Crippen LogP contribution in [0.5, 0.6) is 0 Å². The van der Waals surface area contributed by atoms with Gasteiger partial charge in [-0.2, -0.15) is 0 Å². The fourth-order valence-electron chi connectivity index (χ4n) is 1.92. The van der Waals surface area contributed by atoms with Gasteiger partial charge in [-0.15, -0.1) is 0 Å². The summed E-state index contributed by atoms with van der Waals surface area (Å²) >= 11 is 3.36. The van der Waals surface area contributed by atoms with Gasteiger partial charge in [0.25, 0.3) is 5.91 Å². The number of carbonyl (C=O) groups excluding carboxylic acids is 1. The number of amides is 1. The highest BCUT2D eigenvalue weighted by Crippen LogP contribution is 2.25. The third-order valence-corrected chi connectivity index (χ3v) is 3.73. The van der Waals surface area contributed by atoms with E-state index in [4.69, 9.17) is 0 Å². The van der Waals surface area contributed by atoms with E-state index in [1.165, 1.54) is 12.8 Å². The van der Waals surface area contributed by atoms with Gasteiger partial charge in [0.2, 0.25) is 0 Å². The third-order valence-electron chi connectivity index (χ3n) is 3.20. The van der Waals surface area contributed by atoms with Crippen LogP contribution < -0.4 is 10.6 Å². The van der Waals surface area contributed by atoms with Crippen LogP contribution in [-0.2, 0) is 0 Å². The van der Waals surface area contributed by atoms with Crippen LogP contribution in [0.4, 0.5) is 11.4 Å². The van der Waals surface area contributed by atoms with Crippen molar-refractivity contribution in [2.24, 2.45) is 0 Å². The Labute approximate surface area is 126 Å². The summed E-state index contributed by atoms with van der Waals surface area (Å²) in [5.41, 5.74) is 2.56. The van der Waals surface area contributed by atoms with Gasteiger partial charge in [0.1, 0.15) is 0 Å². The maximum Gasteiger partial charge on any atom is 0.255 e. The minimum Gasteiger partial charge on any atom is -0.382 e. The standard InChI is InChI=1S/C16H15BrN2O/c17-12-3-1-11(2-4-12)16(20)19-15-9-7-14(8-10-15)18-13-5-6-13/h1-4,7-10,13,18H,5-6H2,(H,19,20). The number of halogens is 1. The molecule has 1 amide bonds. The molecule has 0 aromatic heterocycles. The third kappa shape index (κ3) is 3.39. The number of nitrogens with one attached hydrogen (secondary N) is 2. The zero-order valence-electron chi connectivity index (χ0n) is 10.9. The summed E-state index contributed by atoms with van der Waals surface area (Å²) in [5, 5.41) is 6.31. The van der Waals surface area contributed by atoms with Gasteiger partial charge in [0.15, 0.2) is 0 Å². The molecule has 102 valence electrons. The fraction of sp³-hybridized carbons (Fsp3) is 0.188. The van der Waals surface area contributed by atoms with Gasteiger partial charge in [0.05, 0.1) is 0 Å². The zero-order chi connectivity index (χ0) is 13.9. The van der Waals surface area contributed by atoms with E-state index < -0.39 is 0 Å². The van der Waals surface area contributed by atoms with Crippen molar-refractivity contribution in [2.45, 2.75) is 18.9 Å². The van der Waals surface area contributed by atoms with Crippen LogP contribution in [0.2, 0.25) is 0 Å². The summed E-state index contributed by atoms with van der Waals surface area (Å²) in [7, 11) is 0. The first-order valence-electron chi connectivity index (χ1n) is 6.64. The van der Waals surface area contributed by atoms with Crippen molar-refractivity contribution in [3.8, 4) is 0 Å². The predicted molar refractivity (Wildman–Crippen MR) is 85.2 cm³/mol. The Kier molecular flexibility index (Phi) is 3.74. The molecule has 2 aromatic rings. The Bertz CT molecular complexity index is 603. The lowest BCUT2D eigenvalue weighted by atomic mass is 10.2. The summed E-state index contributed by atoms with van der Waals surface area (Å²) in [5.74, 6) is -0.0968. The summed E-state index contributed by atoms with van der Waals surface area (Å²) in [6.07, 6.45) is 2.50. The maximum absolute atomic E-state index is 12.1. The molecule has 1 saturated carbocycles. The average Bonchev–Trinajstić information content (AvgIpc) is 3.26. The molecular weight excluding hydrogens is 316 g/mol. The number of hydrogen-bond donors (Lipinski definition) is 2. The Morgan fingerprint density at radius 2 is 1.55 bits per heavy atom. The number of carbonyl (C=O) groups is 1. The maximum atomic E-state index is 12.1. The average molecular weight is 331 g/mol. The van der Waals surface area contributed by atoms with Crippen LogP contribution in [0.1, 0.15) is 23.2 Å². The lowest BCUT2D eigenvalue weighted by Gasteiger charge is -2.08. The van der Waals surface area contributed by atoms with Crippen molar-refractivity contribution < 1.29 is 4.79 Å². The molecule has 1 fully saturated rings. The lowest BCUT2D eigenvalue weighted by Crippen LogP contribution is -2.11. The lowest BCUT2D eigenvalue weighted by molar-refractivity contribution is 0.102. The predicted octanol–water partition coefficient (Wildman–Crippen LogP) is 4.28. The van der Waals surface area contributed by atoms with Crippen molar-refractivity contribution in [3.05, 3.63) is 58.6 Å². The largest absolute Gasteiger partial charge is 0.382 e. The van der Waals surface area contributed by atoms with Crippen molar-refractivity contribution in [1.82, 2.24) is 0 Å². The zero-order valence-corrected chi connectivity index (χ0v) is 12.5. The Morgan fingerprint density at radius 1 is 0.950 bits per heavy atom. The van der Waals surface area contributed by atoms with E-state index in [1.807, 2.05) is 36.4 Å². The van der Waals surface area contributed by atoms with E-state index in [0.29, 0.717) is 11.6 Å². The molecule has 0 spiro atoms. The van der Waals surface area contributed by atoms with Gasteiger partial charge >= 0.3 is 0 Å². The minimum absolute atomic E-state index is 0.0968. The summed E-state index contributed by atoms with van der Waals surface area (Å²) in [4.78, 5) is 12.1. The molecule has 0 bridgehead atoms. The Hall–Kier alpha value is -1.81. The molecule has 2 aromatic carbocycles. The van der Waals surface area contributed by atoms with E-state index in [2.05, 4.69) is 26.6 Å². The second-order valence-electron chi connectivity index (χ2n) is 4.96. The van der Waals surface area contributed by atoms with Crippen LogP contribution in [0.3, 0.4) is 0 Å². The first-order valence-corrected chi connectivity index (χ1v) is 7.43. The Morgan fingerprint density at radius 3 is 2.15 bits per heavy atom. The quantitative estimate of drug-likeness (QED) is 0.878. The van der Waals surface area contributed by atoms with Crippen LogP contribution in [0, 0.1) is 0 Å². The van der Waals surface area contributed by atoms with Crippen molar-refractivity contribution in [1.29, 1.82) is 0 Å². The van der Waals surface area contributed by atoms with Gasteiger partial charge in [-0.1, -0.05) is 15.9 Å². The molecule has 0 atom stereocenters. The Balaban J connectivity index is 1.64. The second-order valence-corrected chi connectivity index (χ2v) is 5.87. The second kappa shape index (κ2) is 5.67. The molecule has 1 aliphatic carbocycles. The molecule has 3 nitrogen and oxygen atoms in total. The van der Waals surface area contributed by atoms with Crippen LogP contribution in [0.15, 0.2) is 53.0 Å². The summed E-state index contributed by atoms with van der Waals surface area (Å²) < 4.78 is 0.963. The number of hydrogen-bond acceptors (Lipinski definition) is 2. The molecule has 3 rings (SSSR count). The minimum atomic E-state index is -0.0968. The topological polar surface area (TPSA) is 41.1 Å². The highest BCUT2D eigenvalue weighted by atomic mass is 79.9. The smallest absolute Gasteiger partial charge is 0.255 e. The van der Waals surface area contributed by atoms with Gasteiger partial charge < -0.3 is 10.6 Å². The fourth-order valence-corrected chi connectivity index (χ4v) is 2.18. The molecule has 0 radical (unpaired) electrons. The molecule has 0 saturated heterocycles. The van der Waals surface area contributed by atoms with E-state index in [9.17, 15) is 4.79 Å². The number of benzene rings is 2. The number of rotatable bonds is 4. The van der Waals surface area contributed by atoms with E-state index in [0.717, 1.165) is 15.8 Å². The van der Waals surface area contributed by atoms with Crippen molar-refractivity contribution in [2.75, 3.05) is 10.6 Å². The molecule has 0 unspecified atom stereocenters. The van der Waals surface area contributed by atoms with E-state index in [1.54, 1.807) is 12.1 Å². The van der Waals surface area contributed by atoms with Gasteiger partial charge in [-0.25, -0.2) is 0 Å². The first kappa shape index (κ1) is 13.2. The molecule has 0 heterocycles. The molecule has 2 N–H and O–H groups in total. The van der Waals surface area contributed by atoms with Gasteiger partial charge in [-0.3, -0.25) is 4.79 Å². The highest BCUT2D eigenvalue weighted by molar-refractivity contribution is 9.10. The monoisotopic (exact) mass is 330 g/mol. The molecular formula is C16H15BrN2O. The first-order chi connectivity index (χ1) is 9.70. The van der Waals surface area contributed by atoms with Crippen LogP contribution in [-0.4, -0.2) is 11.9 Å². The van der Waals surface area contributed by atoms with E-state index in [-0.39, 0.29) is 5.91 Å². The summed E-state index contributed by atoms with van der Waals surface area (Å²) in [6, 6.07) is 15.8. The van der Waals surface area contributed by atoms with Crippen molar-refractivity contribution >= 4 is 33.2 Å². The molecule has 0 aliphatic heterocycles. The van der Waals surface area contributed by atoms with Crippen molar-refractivity contribution in [3.63, 3.8) is 0 Å². The summed E-state index contributed by atoms with van der Waals surface area (Å²) in [6.45, 7) is 0. The van der Waals surface area contributed by atoms with Gasteiger partial charge in [0, 0.05) is 27.5 Å². The molecule has 20 heavy (non-hydrogen) atoms. The van der Waals surface area contributed by atoms with Gasteiger partial charge in [-0.05, 0) is 61.4 Å². The van der Waals surface area contributed by atoms with Crippen LogP contribution in [0.25, 0.3) is 0 Å².